The van der Waals surface area contributed by atoms with Crippen LogP contribution in [-0.4, -0.2) is 26.6 Å². The highest BCUT2D eigenvalue weighted by atomic mass is 16.2. The van der Waals surface area contributed by atoms with E-state index in [-0.39, 0.29) is 17.7 Å². The van der Waals surface area contributed by atoms with Gasteiger partial charge in [-0.05, 0) is 43.2 Å². The number of amides is 2. The maximum atomic E-state index is 12.6. The van der Waals surface area contributed by atoms with E-state index in [2.05, 4.69) is 20.7 Å². The van der Waals surface area contributed by atoms with Crippen LogP contribution in [0, 0.1) is 0 Å². The third kappa shape index (κ3) is 4.62. The first-order chi connectivity index (χ1) is 13.6. The minimum absolute atomic E-state index is 0.0507. The molecule has 1 aromatic heterocycles. The number of benzene rings is 2. The fourth-order valence-corrected chi connectivity index (χ4v) is 2.91. The van der Waals surface area contributed by atoms with E-state index >= 15 is 0 Å². The Labute approximate surface area is 163 Å². The number of aromatic nitrogens is 3. The maximum Gasteiger partial charge on any atom is 0.249 e. The standard InChI is InChI=1S/C21H23N5O2/c1-3-19(16-7-5-4-6-8-16)21(28)25-18-11-9-17(10-12-18)24-20(27)15(2)26-14-22-13-23-26/h4-15,19H,3H2,1-2H3,(H,24,27)(H,25,28)/t15-,19-/m1/s1. The average molecular weight is 377 g/mol. The Morgan fingerprint density at radius 2 is 1.57 bits per heavy atom. The lowest BCUT2D eigenvalue weighted by Gasteiger charge is -2.16. The molecule has 0 aliphatic heterocycles. The number of carbonyl (C=O) groups is 2. The zero-order chi connectivity index (χ0) is 19.9. The summed E-state index contributed by atoms with van der Waals surface area (Å²) in [6.07, 6.45) is 3.60. The molecule has 0 spiro atoms. The first-order valence-corrected chi connectivity index (χ1v) is 9.19. The Hall–Kier alpha value is -3.48. The van der Waals surface area contributed by atoms with Crippen molar-refractivity contribution in [2.24, 2.45) is 0 Å². The van der Waals surface area contributed by atoms with Crippen LogP contribution in [-0.2, 0) is 9.59 Å². The second-order valence-electron chi connectivity index (χ2n) is 6.48. The summed E-state index contributed by atoms with van der Waals surface area (Å²) in [5.41, 5.74) is 2.32. The maximum absolute atomic E-state index is 12.6. The quantitative estimate of drug-likeness (QED) is 0.658. The number of nitrogens with zero attached hydrogens (tertiary/aromatic N) is 3. The molecule has 0 aliphatic carbocycles. The van der Waals surface area contributed by atoms with Gasteiger partial charge in [0, 0.05) is 11.4 Å². The Morgan fingerprint density at radius 3 is 2.11 bits per heavy atom. The minimum Gasteiger partial charge on any atom is -0.326 e. The van der Waals surface area contributed by atoms with Crippen LogP contribution in [0.2, 0.25) is 0 Å². The molecule has 0 bridgehead atoms. The summed E-state index contributed by atoms with van der Waals surface area (Å²) in [4.78, 5) is 28.8. The van der Waals surface area contributed by atoms with E-state index in [1.165, 1.54) is 17.3 Å². The van der Waals surface area contributed by atoms with Crippen molar-refractivity contribution in [2.75, 3.05) is 10.6 Å². The normalized spacial score (nSPS) is 12.8. The van der Waals surface area contributed by atoms with Gasteiger partial charge in [0.25, 0.3) is 0 Å². The van der Waals surface area contributed by atoms with Crippen LogP contribution >= 0.6 is 0 Å². The van der Waals surface area contributed by atoms with Gasteiger partial charge in [-0.1, -0.05) is 37.3 Å². The van der Waals surface area contributed by atoms with E-state index in [0.717, 1.165) is 5.56 Å². The lowest BCUT2D eigenvalue weighted by Crippen LogP contribution is -2.24. The smallest absolute Gasteiger partial charge is 0.249 e. The lowest BCUT2D eigenvalue weighted by atomic mass is 9.95. The first-order valence-electron chi connectivity index (χ1n) is 9.19. The van der Waals surface area contributed by atoms with E-state index in [1.807, 2.05) is 37.3 Å². The molecule has 0 fully saturated rings. The number of anilines is 2. The van der Waals surface area contributed by atoms with Crippen molar-refractivity contribution >= 4 is 23.2 Å². The number of hydrogen-bond donors (Lipinski definition) is 2. The van der Waals surface area contributed by atoms with Crippen molar-refractivity contribution in [1.29, 1.82) is 0 Å². The lowest BCUT2D eigenvalue weighted by molar-refractivity contribution is -0.119. The molecule has 3 rings (SSSR count). The molecule has 1 heterocycles. The van der Waals surface area contributed by atoms with Crippen molar-refractivity contribution < 1.29 is 9.59 Å². The van der Waals surface area contributed by atoms with Crippen molar-refractivity contribution in [3.05, 3.63) is 72.8 Å². The minimum atomic E-state index is -0.474. The molecule has 2 N–H and O–H groups in total. The molecule has 2 atom stereocenters. The van der Waals surface area contributed by atoms with E-state index in [1.54, 1.807) is 31.2 Å². The number of carbonyl (C=O) groups excluding carboxylic acids is 2. The molecule has 3 aromatic rings. The van der Waals surface area contributed by atoms with E-state index in [0.29, 0.717) is 17.8 Å². The van der Waals surface area contributed by atoms with Crippen molar-refractivity contribution in [3.8, 4) is 0 Å². The summed E-state index contributed by atoms with van der Waals surface area (Å²) in [5, 5.41) is 9.75. The third-order valence-electron chi connectivity index (χ3n) is 4.56. The van der Waals surface area contributed by atoms with Crippen LogP contribution in [0.3, 0.4) is 0 Å². The molecular weight excluding hydrogens is 354 g/mol. The molecule has 7 heteroatoms. The van der Waals surface area contributed by atoms with Crippen LogP contribution in [0.15, 0.2) is 67.3 Å². The van der Waals surface area contributed by atoms with Gasteiger partial charge in [-0.25, -0.2) is 9.67 Å². The summed E-state index contributed by atoms with van der Waals surface area (Å²) < 4.78 is 1.48. The molecule has 144 valence electrons. The van der Waals surface area contributed by atoms with Gasteiger partial charge in [0.15, 0.2) is 0 Å². The zero-order valence-electron chi connectivity index (χ0n) is 15.9. The first kappa shape index (κ1) is 19.3. The Morgan fingerprint density at radius 1 is 0.964 bits per heavy atom. The summed E-state index contributed by atoms with van der Waals surface area (Å²) in [5.74, 6) is -0.452. The third-order valence-corrected chi connectivity index (χ3v) is 4.56. The van der Waals surface area contributed by atoms with Crippen molar-refractivity contribution in [2.45, 2.75) is 32.2 Å². The molecule has 0 saturated heterocycles. The highest BCUT2D eigenvalue weighted by Gasteiger charge is 2.19. The highest BCUT2D eigenvalue weighted by Crippen LogP contribution is 2.22. The van der Waals surface area contributed by atoms with Gasteiger partial charge in [-0.15, -0.1) is 0 Å². The van der Waals surface area contributed by atoms with E-state index < -0.39 is 6.04 Å². The Kier molecular flexibility index (Phi) is 6.16. The van der Waals surface area contributed by atoms with E-state index in [4.69, 9.17) is 0 Å². The van der Waals surface area contributed by atoms with Crippen molar-refractivity contribution in [3.63, 3.8) is 0 Å². The fraction of sp³-hybridized carbons (Fsp3) is 0.238. The zero-order valence-corrected chi connectivity index (χ0v) is 15.9. The average Bonchev–Trinajstić information content (AvgIpc) is 3.25. The fourth-order valence-electron chi connectivity index (χ4n) is 2.91. The predicted molar refractivity (Wildman–Crippen MR) is 108 cm³/mol. The molecule has 0 aliphatic rings. The monoisotopic (exact) mass is 377 g/mol. The summed E-state index contributed by atoms with van der Waals surface area (Å²) in [6.45, 7) is 3.74. The molecule has 0 unspecified atom stereocenters. The van der Waals surface area contributed by atoms with Gasteiger partial charge >= 0.3 is 0 Å². The van der Waals surface area contributed by atoms with Crippen molar-refractivity contribution in [1.82, 2.24) is 14.8 Å². The molecule has 0 saturated carbocycles. The van der Waals surface area contributed by atoms with E-state index in [9.17, 15) is 9.59 Å². The van der Waals surface area contributed by atoms with Gasteiger partial charge < -0.3 is 10.6 Å². The number of hydrogen-bond acceptors (Lipinski definition) is 4. The van der Waals surface area contributed by atoms with Crippen LogP contribution in [0.4, 0.5) is 11.4 Å². The summed E-state index contributed by atoms with van der Waals surface area (Å²) in [6, 6.07) is 16.3. The second-order valence-corrected chi connectivity index (χ2v) is 6.48. The SMILES string of the molecule is CC[C@@H](C(=O)Nc1ccc(NC(=O)[C@@H](C)n2cncn2)cc1)c1ccccc1. The molecular formula is C21H23N5O2. The summed E-state index contributed by atoms with van der Waals surface area (Å²) in [7, 11) is 0. The Bertz CT molecular complexity index is 908. The molecule has 0 radical (unpaired) electrons. The highest BCUT2D eigenvalue weighted by molar-refractivity contribution is 5.97. The topological polar surface area (TPSA) is 88.9 Å². The number of nitrogens with one attached hydrogen (secondary N) is 2. The van der Waals surface area contributed by atoms with Gasteiger partial charge in [-0.2, -0.15) is 5.10 Å². The summed E-state index contributed by atoms with van der Waals surface area (Å²) >= 11 is 0. The van der Waals surface area contributed by atoms with Crippen LogP contribution in [0.25, 0.3) is 0 Å². The Balaban J connectivity index is 1.61. The van der Waals surface area contributed by atoms with Crippen LogP contribution in [0.5, 0.6) is 0 Å². The molecule has 28 heavy (non-hydrogen) atoms. The second kappa shape index (κ2) is 8.94. The van der Waals surface area contributed by atoms with Gasteiger partial charge in [0.1, 0.15) is 18.7 Å². The van der Waals surface area contributed by atoms with Crippen LogP contribution in [0.1, 0.15) is 37.8 Å². The molecule has 2 amide bonds. The number of rotatable bonds is 7. The predicted octanol–water partition coefficient (Wildman–Crippen LogP) is 3.61. The van der Waals surface area contributed by atoms with Gasteiger partial charge in [0.2, 0.25) is 11.8 Å². The van der Waals surface area contributed by atoms with Crippen LogP contribution < -0.4 is 10.6 Å². The van der Waals surface area contributed by atoms with Gasteiger partial charge in [-0.3, -0.25) is 9.59 Å². The largest absolute Gasteiger partial charge is 0.326 e. The molecule has 7 nitrogen and oxygen atoms in total. The van der Waals surface area contributed by atoms with Gasteiger partial charge in [0.05, 0.1) is 5.92 Å². The molecule has 2 aromatic carbocycles.